The number of likely N-dealkylation sites (N-methyl/N-ethyl adjacent to an activating group) is 1. The molecule has 0 spiro atoms. The van der Waals surface area contributed by atoms with Gasteiger partial charge in [0.25, 0.3) is 5.56 Å². The SMILES string of the molecule is CNC(C)Cn1c(Cl)nc2c(F)cccc2c1=O. The Bertz CT molecular complexity index is 641. The van der Waals surface area contributed by atoms with E-state index < -0.39 is 5.82 Å². The van der Waals surface area contributed by atoms with E-state index in [1.807, 2.05) is 6.92 Å². The quantitative estimate of drug-likeness (QED) is 0.865. The van der Waals surface area contributed by atoms with Gasteiger partial charge in [-0.25, -0.2) is 9.37 Å². The van der Waals surface area contributed by atoms with Gasteiger partial charge < -0.3 is 5.32 Å². The lowest BCUT2D eigenvalue weighted by Gasteiger charge is -2.14. The minimum atomic E-state index is -0.541. The van der Waals surface area contributed by atoms with Crippen LogP contribution in [-0.2, 0) is 6.54 Å². The van der Waals surface area contributed by atoms with Gasteiger partial charge in [0, 0.05) is 12.6 Å². The lowest BCUT2D eigenvalue weighted by Crippen LogP contribution is -2.33. The lowest BCUT2D eigenvalue weighted by molar-refractivity contribution is 0.503. The van der Waals surface area contributed by atoms with Crippen molar-refractivity contribution >= 4 is 22.5 Å². The molecule has 96 valence electrons. The maximum atomic E-state index is 13.5. The summed E-state index contributed by atoms with van der Waals surface area (Å²) in [5.41, 5.74) is -0.313. The summed E-state index contributed by atoms with van der Waals surface area (Å²) in [4.78, 5) is 16.1. The predicted octanol–water partition coefficient (Wildman–Crippen LogP) is 1.80. The molecule has 1 unspecified atom stereocenters. The fraction of sp³-hybridized carbons (Fsp3) is 0.333. The third kappa shape index (κ3) is 2.23. The standard InChI is InChI=1S/C12H13ClFN3O/c1-7(15-2)6-17-11(18)8-4-3-5-9(14)10(8)16-12(17)13/h3-5,7,15H,6H2,1-2H3. The predicted molar refractivity (Wildman–Crippen MR) is 69.5 cm³/mol. The second-order valence-electron chi connectivity index (χ2n) is 4.12. The molecule has 2 aromatic rings. The summed E-state index contributed by atoms with van der Waals surface area (Å²) in [6, 6.07) is 4.35. The number of hydrogen-bond acceptors (Lipinski definition) is 3. The lowest BCUT2D eigenvalue weighted by atomic mass is 10.2. The summed E-state index contributed by atoms with van der Waals surface area (Å²) in [6.45, 7) is 2.30. The minimum Gasteiger partial charge on any atom is -0.315 e. The molecule has 0 saturated carbocycles. The average molecular weight is 270 g/mol. The number of nitrogens with one attached hydrogen (secondary N) is 1. The van der Waals surface area contributed by atoms with Gasteiger partial charge in [0.05, 0.1) is 5.39 Å². The summed E-state index contributed by atoms with van der Waals surface area (Å²) >= 11 is 5.94. The van der Waals surface area contributed by atoms with Crippen LogP contribution in [0, 0.1) is 5.82 Å². The van der Waals surface area contributed by atoms with Crippen molar-refractivity contribution < 1.29 is 4.39 Å². The van der Waals surface area contributed by atoms with Crippen LogP contribution in [0.15, 0.2) is 23.0 Å². The Labute approximate surface area is 108 Å². The zero-order valence-electron chi connectivity index (χ0n) is 10.1. The molecule has 6 heteroatoms. The minimum absolute atomic E-state index is 0.000278. The first-order valence-corrected chi connectivity index (χ1v) is 5.94. The number of halogens is 2. The van der Waals surface area contributed by atoms with Gasteiger partial charge in [0.2, 0.25) is 5.28 Å². The van der Waals surface area contributed by atoms with E-state index in [1.54, 1.807) is 13.1 Å². The van der Waals surface area contributed by atoms with Crippen LogP contribution in [0.5, 0.6) is 0 Å². The Kier molecular flexibility index (Phi) is 3.63. The van der Waals surface area contributed by atoms with E-state index in [4.69, 9.17) is 11.6 Å². The molecular weight excluding hydrogens is 257 g/mol. The number of aromatic nitrogens is 2. The molecule has 0 bridgehead atoms. The van der Waals surface area contributed by atoms with E-state index in [1.165, 1.54) is 16.7 Å². The Morgan fingerprint density at radius 3 is 2.94 bits per heavy atom. The van der Waals surface area contributed by atoms with E-state index in [0.717, 1.165) is 0 Å². The number of hydrogen-bond donors (Lipinski definition) is 1. The van der Waals surface area contributed by atoms with E-state index >= 15 is 0 Å². The summed E-state index contributed by atoms with van der Waals surface area (Å²) in [5.74, 6) is -0.541. The van der Waals surface area contributed by atoms with Crippen LogP contribution >= 0.6 is 11.6 Å². The molecule has 1 aromatic heterocycles. The first-order valence-electron chi connectivity index (χ1n) is 5.56. The summed E-state index contributed by atoms with van der Waals surface area (Å²) in [6.07, 6.45) is 0. The van der Waals surface area contributed by atoms with Crippen LogP contribution in [0.3, 0.4) is 0 Å². The highest BCUT2D eigenvalue weighted by atomic mass is 35.5. The molecular formula is C12H13ClFN3O. The zero-order chi connectivity index (χ0) is 13.3. The smallest absolute Gasteiger partial charge is 0.262 e. The van der Waals surface area contributed by atoms with Crippen LogP contribution in [0.2, 0.25) is 5.28 Å². The van der Waals surface area contributed by atoms with Crippen LogP contribution in [0.25, 0.3) is 10.9 Å². The molecule has 1 aromatic carbocycles. The Morgan fingerprint density at radius 1 is 1.56 bits per heavy atom. The summed E-state index contributed by atoms with van der Waals surface area (Å²) < 4.78 is 14.9. The number of fused-ring (bicyclic) bond motifs is 1. The fourth-order valence-corrected chi connectivity index (χ4v) is 1.94. The zero-order valence-corrected chi connectivity index (χ0v) is 10.8. The van der Waals surface area contributed by atoms with E-state index in [9.17, 15) is 9.18 Å². The molecule has 1 heterocycles. The van der Waals surface area contributed by atoms with Crippen LogP contribution < -0.4 is 10.9 Å². The molecule has 18 heavy (non-hydrogen) atoms. The van der Waals surface area contributed by atoms with Gasteiger partial charge >= 0.3 is 0 Å². The van der Waals surface area contributed by atoms with Crippen LogP contribution in [0.4, 0.5) is 4.39 Å². The third-order valence-electron chi connectivity index (χ3n) is 2.84. The van der Waals surface area contributed by atoms with Crippen LogP contribution in [0.1, 0.15) is 6.92 Å². The van der Waals surface area contributed by atoms with Crippen molar-refractivity contribution in [1.29, 1.82) is 0 Å². The van der Waals surface area contributed by atoms with Gasteiger partial charge in [0.15, 0.2) is 0 Å². The average Bonchev–Trinajstić information content (AvgIpc) is 2.35. The Morgan fingerprint density at radius 2 is 2.28 bits per heavy atom. The van der Waals surface area contributed by atoms with Gasteiger partial charge in [-0.15, -0.1) is 0 Å². The van der Waals surface area contributed by atoms with Gasteiger partial charge in [0.1, 0.15) is 11.3 Å². The highest BCUT2D eigenvalue weighted by molar-refractivity contribution is 6.28. The summed E-state index contributed by atoms with van der Waals surface area (Å²) in [5, 5.41) is 3.25. The van der Waals surface area contributed by atoms with E-state index in [0.29, 0.717) is 6.54 Å². The van der Waals surface area contributed by atoms with Crippen molar-refractivity contribution in [3.63, 3.8) is 0 Å². The van der Waals surface area contributed by atoms with Crippen LogP contribution in [-0.4, -0.2) is 22.6 Å². The molecule has 1 atom stereocenters. The van der Waals surface area contributed by atoms with Crippen molar-refractivity contribution in [3.05, 3.63) is 39.7 Å². The molecule has 0 aliphatic heterocycles. The first kappa shape index (κ1) is 13.0. The molecule has 0 aliphatic carbocycles. The van der Waals surface area contributed by atoms with Gasteiger partial charge in [-0.2, -0.15) is 0 Å². The maximum Gasteiger partial charge on any atom is 0.262 e. The topological polar surface area (TPSA) is 46.9 Å². The second-order valence-corrected chi connectivity index (χ2v) is 4.46. The number of benzene rings is 1. The van der Waals surface area contributed by atoms with Gasteiger partial charge in [-0.3, -0.25) is 9.36 Å². The molecule has 1 N–H and O–H groups in total. The first-order chi connectivity index (χ1) is 8.54. The molecule has 0 fully saturated rings. The normalized spacial score (nSPS) is 12.9. The molecule has 0 radical (unpaired) electrons. The van der Waals surface area contributed by atoms with Gasteiger partial charge in [-0.1, -0.05) is 6.07 Å². The Hall–Kier alpha value is -1.46. The fourth-order valence-electron chi connectivity index (χ4n) is 1.71. The van der Waals surface area contributed by atoms with Gasteiger partial charge in [-0.05, 0) is 37.7 Å². The van der Waals surface area contributed by atoms with Crippen molar-refractivity contribution in [2.24, 2.45) is 0 Å². The molecule has 4 nitrogen and oxygen atoms in total. The van der Waals surface area contributed by atoms with Crippen molar-refractivity contribution in [3.8, 4) is 0 Å². The molecule has 0 saturated heterocycles. The highest BCUT2D eigenvalue weighted by Crippen LogP contribution is 2.15. The van der Waals surface area contributed by atoms with Crippen molar-refractivity contribution in [2.45, 2.75) is 19.5 Å². The largest absolute Gasteiger partial charge is 0.315 e. The molecule has 0 amide bonds. The highest BCUT2D eigenvalue weighted by Gasteiger charge is 2.13. The number of nitrogens with zero attached hydrogens (tertiary/aromatic N) is 2. The van der Waals surface area contributed by atoms with Crippen molar-refractivity contribution in [1.82, 2.24) is 14.9 Å². The third-order valence-corrected chi connectivity index (χ3v) is 3.13. The monoisotopic (exact) mass is 269 g/mol. The molecule has 2 rings (SSSR count). The Balaban J connectivity index is 2.66. The summed E-state index contributed by atoms with van der Waals surface area (Å²) in [7, 11) is 1.79. The van der Waals surface area contributed by atoms with E-state index in [-0.39, 0.29) is 27.8 Å². The maximum absolute atomic E-state index is 13.5. The number of rotatable bonds is 3. The number of para-hydroxylation sites is 1. The second kappa shape index (κ2) is 5.04. The van der Waals surface area contributed by atoms with E-state index in [2.05, 4.69) is 10.3 Å². The molecule has 0 aliphatic rings. The van der Waals surface area contributed by atoms with Crippen molar-refractivity contribution in [2.75, 3.05) is 7.05 Å².